The van der Waals surface area contributed by atoms with E-state index in [1.807, 2.05) is 0 Å². The van der Waals surface area contributed by atoms with Gasteiger partial charge in [0.2, 0.25) is 10.0 Å². The fraction of sp³-hybridized carbons (Fsp3) is 0.652. The summed E-state index contributed by atoms with van der Waals surface area (Å²) < 4.78 is 32.2. The van der Waals surface area contributed by atoms with Crippen LogP contribution in [0.4, 0.5) is 0 Å². The number of carbonyl (C=O) groups excluding carboxylic acids is 2. The van der Waals surface area contributed by atoms with Gasteiger partial charge in [0.15, 0.2) is 6.61 Å². The molecule has 7 nitrogen and oxygen atoms in total. The SMILES string of the molecule is CCN(CC)S(=O)(=O)c1cc(C(=O)OCC(=O)NC23CC4CC(CC(C4)C2)C3)ccc1Cl. The molecule has 1 aromatic rings. The van der Waals surface area contributed by atoms with Gasteiger partial charge in [-0.15, -0.1) is 0 Å². The van der Waals surface area contributed by atoms with E-state index in [0.717, 1.165) is 19.3 Å². The van der Waals surface area contributed by atoms with Gasteiger partial charge in [-0.3, -0.25) is 4.79 Å². The summed E-state index contributed by atoms with van der Waals surface area (Å²) in [6, 6.07) is 3.99. The summed E-state index contributed by atoms with van der Waals surface area (Å²) in [6.45, 7) is 3.65. The first-order valence-corrected chi connectivity index (χ1v) is 13.3. The monoisotopic (exact) mass is 482 g/mol. The van der Waals surface area contributed by atoms with Crippen LogP contribution in [0, 0.1) is 17.8 Å². The van der Waals surface area contributed by atoms with Gasteiger partial charge < -0.3 is 10.1 Å². The Morgan fingerprint density at radius 2 is 1.66 bits per heavy atom. The van der Waals surface area contributed by atoms with Gasteiger partial charge >= 0.3 is 5.97 Å². The van der Waals surface area contributed by atoms with Gasteiger partial charge in [0.05, 0.1) is 10.6 Å². The summed E-state index contributed by atoms with van der Waals surface area (Å²) in [6.07, 6.45) is 6.88. The highest BCUT2D eigenvalue weighted by atomic mass is 35.5. The van der Waals surface area contributed by atoms with Gasteiger partial charge in [-0.1, -0.05) is 25.4 Å². The summed E-state index contributed by atoms with van der Waals surface area (Å²) in [5.74, 6) is 1.04. The molecule has 0 spiro atoms. The van der Waals surface area contributed by atoms with E-state index in [0.29, 0.717) is 17.8 Å². The molecule has 176 valence electrons. The Bertz CT molecular complexity index is 970. The highest BCUT2D eigenvalue weighted by molar-refractivity contribution is 7.89. The van der Waals surface area contributed by atoms with Crippen molar-refractivity contribution in [1.82, 2.24) is 9.62 Å². The summed E-state index contributed by atoms with van der Waals surface area (Å²) >= 11 is 6.12. The lowest BCUT2D eigenvalue weighted by atomic mass is 9.53. The van der Waals surface area contributed by atoms with Crippen molar-refractivity contribution in [1.29, 1.82) is 0 Å². The number of halogens is 1. The molecule has 0 unspecified atom stereocenters. The number of carbonyl (C=O) groups is 2. The number of hydrogen-bond donors (Lipinski definition) is 1. The Labute approximate surface area is 194 Å². The predicted molar refractivity (Wildman–Crippen MR) is 121 cm³/mol. The first-order valence-electron chi connectivity index (χ1n) is 11.4. The molecule has 0 atom stereocenters. The first kappa shape index (κ1) is 23.5. The zero-order valence-electron chi connectivity index (χ0n) is 18.6. The van der Waals surface area contributed by atoms with Crippen molar-refractivity contribution in [2.45, 2.75) is 62.8 Å². The van der Waals surface area contributed by atoms with Crippen molar-refractivity contribution in [3.05, 3.63) is 28.8 Å². The molecule has 4 aliphatic carbocycles. The molecule has 0 aliphatic heterocycles. The molecule has 0 radical (unpaired) electrons. The van der Waals surface area contributed by atoms with E-state index in [4.69, 9.17) is 16.3 Å². The van der Waals surface area contributed by atoms with Crippen LogP contribution in [-0.2, 0) is 19.6 Å². The number of esters is 1. The number of ether oxygens (including phenoxy) is 1. The molecule has 4 fully saturated rings. The van der Waals surface area contributed by atoms with E-state index in [2.05, 4.69) is 5.32 Å². The summed E-state index contributed by atoms with van der Waals surface area (Å²) in [4.78, 5) is 25.0. The molecule has 9 heteroatoms. The molecule has 1 N–H and O–H groups in total. The van der Waals surface area contributed by atoms with E-state index in [1.165, 1.54) is 41.8 Å². The number of nitrogens with one attached hydrogen (secondary N) is 1. The van der Waals surface area contributed by atoms with Crippen LogP contribution >= 0.6 is 11.6 Å². The third-order valence-corrected chi connectivity index (χ3v) is 9.80. The highest BCUT2D eigenvalue weighted by Gasteiger charge is 2.51. The number of sulfonamides is 1. The molecule has 0 aromatic heterocycles. The number of benzene rings is 1. The second-order valence-corrected chi connectivity index (χ2v) is 11.9. The van der Waals surface area contributed by atoms with E-state index in [9.17, 15) is 18.0 Å². The Morgan fingerprint density at radius 1 is 1.09 bits per heavy atom. The van der Waals surface area contributed by atoms with E-state index >= 15 is 0 Å². The smallest absolute Gasteiger partial charge is 0.338 e. The van der Waals surface area contributed by atoms with Crippen molar-refractivity contribution < 1.29 is 22.7 Å². The lowest BCUT2D eigenvalue weighted by molar-refractivity contribution is -0.130. The summed E-state index contributed by atoms with van der Waals surface area (Å²) in [5, 5.41) is 3.20. The summed E-state index contributed by atoms with van der Waals surface area (Å²) in [7, 11) is -3.84. The van der Waals surface area contributed by atoms with Gasteiger partial charge in [-0.2, -0.15) is 4.31 Å². The zero-order chi connectivity index (χ0) is 23.1. The summed E-state index contributed by atoms with van der Waals surface area (Å²) in [5.41, 5.74) is -0.105. The lowest BCUT2D eigenvalue weighted by Gasteiger charge is -2.56. The molecule has 4 saturated carbocycles. The molecule has 1 aromatic carbocycles. The van der Waals surface area contributed by atoms with Crippen molar-refractivity contribution in [3.63, 3.8) is 0 Å². The Balaban J connectivity index is 1.40. The Hall–Kier alpha value is -1.64. The Kier molecular flexibility index (Phi) is 6.58. The molecule has 5 rings (SSSR count). The minimum Gasteiger partial charge on any atom is -0.452 e. The van der Waals surface area contributed by atoms with Crippen LogP contribution in [0.15, 0.2) is 23.1 Å². The number of hydrogen-bond acceptors (Lipinski definition) is 5. The van der Waals surface area contributed by atoms with Crippen LogP contribution in [0.2, 0.25) is 5.02 Å². The predicted octanol–water partition coefficient (Wildman–Crippen LogP) is 3.61. The van der Waals surface area contributed by atoms with Gasteiger partial charge in [-0.25, -0.2) is 13.2 Å². The topological polar surface area (TPSA) is 92.8 Å². The number of nitrogens with zero attached hydrogens (tertiary/aromatic N) is 1. The molecule has 4 bridgehead atoms. The number of rotatable bonds is 8. The lowest BCUT2D eigenvalue weighted by Crippen LogP contribution is -2.60. The average molecular weight is 483 g/mol. The van der Waals surface area contributed by atoms with Gasteiger partial charge in [0.1, 0.15) is 4.90 Å². The normalized spacial score (nSPS) is 28.7. The van der Waals surface area contributed by atoms with Gasteiger partial charge in [0, 0.05) is 18.6 Å². The zero-order valence-corrected chi connectivity index (χ0v) is 20.2. The minimum atomic E-state index is -3.84. The molecular weight excluding hydrogens is 452 g/mol. The van der Waals surface area contributed by atoms with Crippen molar-refractivity contribution in [2.75, 3.05) is 19.7 Å². The Morgan fingerprint density at radius 3 is 2.19 bits per heavy atom. The van der Waals surface area contributed by atoms with Crippen molar-refractivity contribution >= 4 is 33.5 Å². The van der Waals surface area contributed by atoms with E-state index in [-0.39, 0.29) is 46.6 Å². The van der Waals surface area contributed by atoms with Crippen LogP contribution in [0.3, 0.4) is 0 Å². The average Bonchev–Trinajstić information content (AvgIpc) is 2.71. The second-order valence-electron chi connectivity index (χ2n) is 9.56. The quantitative estimate of drug-likeness (QED) is 0.571. The van der Waals surface area contributed by atoms with Crippen LogP contribution in [0.5, 0.6) is 0 Å². The fourth-order valence-corrected chi connectivity index (χ4v) is 8.30. The number of amides is 1. The van der Waals surface area contributed by atoms with Crippen LogP contribution < -0.4 is 5.32 Å². The molecular formula is C23H31ClN2O5S. The first-order chi connectivity index (χ1) is 15.2. The molecule has 32 heavy (non-hydrogen) atoms. The third kappa shape index (κ3) is 4.54. The maximum Gasteiger partial charge on any atom is 0.338 e. The van der Waals surface area contributed by atoms with Gasteiger partial charge in [-0.05, 0) is 74.5 Å². The highest BCUT2D eigenvalue weighted by Crippen LogP contribution is 2.55. The standard InChI is InChI=1S/C23H31ClN2O5S/c1-3-26(4-2)32(29,30)20-10-18(5-6-19(20)24)22(28)31-14-21(27)25-23-11-15-7-16(12-23)9-17(8-15)13-23/h5-6,10,15-17H,3-4,7-9,11-14H2,1-2H3,(H,25,27). The van der Waals surface area contributed by atoms with Crippen LogP contribution in [-0.4, -0.2) is 49.8 Å². The largest absolute Gasteiger partial charge is 0.452 e. The maximum atomic E-state index is 12.8. The van der Waals surface area contributed by atoms with Crippen molar-refractivity contribution in [3.8, 4) is 0 Å². The molecule has 0 heterocycles. The van der Waals surface area contributed by atoms with E-state index < -0.39 is 16.0 Å². The van der Waals surface area contributed by atoms with Crippen LogP contribution in [0.1, 0.15) is 62.7 Å². The van der Waals surface area contributed by atoms with E-state index in [1.54, 1.807) is 13.8 Å². The molecule has 0 saturated heterocycles. The van der Waals surface area contributed by atoms with Crippen molar-refractivity contribution in [2.24, 2.45) is 17.8 Å². The maximum absolute atomic E-state index is 12.8. The fourth-order valence-electron chi connectivity index (χ4n) is 6.34. The second kappa shape index (κ2) is 8.95. The van der Waals surface area contributed by atoms with Gasteiger partial charge in [0.25, 0.3) is 5.91 Å². The minimum absolute atomic E-state index is 0.0352. The molecule has 1 amide bonds. The van der Waals surface area contributed by atoms with Crippen LogP contribution in [0.25, 0.3) is 0 Å². The third-order valence-electron chi connectivity index (χ3n) is 7.27. The molecule has 4 aliphatic rings.